The normalized spacial score (nSPS) is 19.0. The molecule has 2 unspecified atom stereocenters. The molecule has 2 amide bonds. The van der Waals surface area contributed by atoms with E-state index in [1.807, 2.05) is 39.4 Å². The molecule has 2 atom stereocenters. The van der Waals surface area contributed by atoms with E-state index in [4.69, 9.17) is 0 Å². The van der Waals surface area contributed by atoms with Gasteiger partial charge in [0.2, 0.25) is 5.91 Å². The molecule has 2 aromatic heterocycles. The molecule has 0 radical (unpaired) electrons. The zero-order chi connectivity index (χ0) is 22.0. The Morgan fingerprint density at radius 2 is 2.07 bits per heavy atom. The number of aryl methyl sites for hydroxylation is 2. The Morgan fingerprint density at radius 1 is 1.33 bits per heavy atom. The molecule has 0 saturated carbocycles. The number of hydrogen-bond acceptors (Lipinski definition) is 5. The second kappa shape index (κ2) is 8.93. The molecule has 164 valence electrons. The van der Waals surface area contributed by atoms with Crippen molar-refractivity contribution < 1.29 is 14.0 Å². The molecule has 0 spiro atoms. The Kier molecular flexibility index (Phi) is 6.52. The Morgan fingerprint density at radius 3 is 2.70 bits per heavy atom. The van der Waals surface area contributed by atoms with Gasteiger partial charge in [-0.3, -0.25) is 14.3 Å². The summed E-state index contributed by atoms with van der Waals surface area (Å²) in [5, 5.41) is 15.0. The summed E-state index contributed by atoms with van der Waals surface area (Å²) >= 11 is 0. The van der Waals surface area contributed by atoms with Crippen LogP contribution in [0.4, 0.5) is 4.39 Å². The SMILES string of the molecule is Cc1nn(C)c(C)c1CCC(=O)N1CC(F)CC1Cn1cc(C(=O)NC(C)C)nn1. The van der Waals surface area contributed by atoms with Crippen LogP contribution in [0, 0.1) is 13.8 Å². The number of nitrogens with one attached hydrogen (secondary N) is 1. The van der Waals surface area contributed by atoms with Gasteiger partial charge in [0.15, 0.2) is 5.69 Å². The van der Waals surface area contributed by atoms with E-state index < -0.39 is 6.17 Å². The van der Waals surface area contributed by atoms with Gasteiger partial charge in [0.1, 0.15) is 6.17 Å². The van der Waals surface area contributed by atoms with Crippen molar-refractivity contribution >= 4 is 11.8 Å². The van der Waals surface area contributed by atoms with Gasteiger partial charge in [-0.05, 0) is 39.7 Å². The van der Waals surface area contributed by atoms with Crippen LogP contribution in [0.25, 0.3) is 0 Å². The van der Waals surface area contributed by atoms with Crippen molar-refractivity contribution in [3.05, 3.63) is 28.8 Å². The highest BCUT2D eigenvalue weighted by atomic mass is 19.1. The van der Waals surface area contributed by atoms with Gasteiger partial charge in [-0.25, -0.2) is 9.07 Å². The van der Waals surface area contributed by atoms with Crippen molar-refractivity contribution in [3.63, 3.8) is 0 Å². The molecule has 30 heavy (non-hydrogen) atoms. The third-order valence-electron chi connectivity index (χ3n) is 5.52. The highest BCUT2D eigenvalue weighted by Crippen LogP contribution is 2.24. The number of aromatic nitrogens is 5. The smallest absolute Gasteiger partial charge is 0.273 e. The molecule has 3 rings (SSSR count). The molecule has 1 N–H and O–H groups in total. The average molecular weight is 420 g/mol. The molecule has 3 heterocycles. The first-order chi connectivity index (χ1) is 14.2. The van der Waals surface area contributed by atoms with Crippen molar-refractivity contribution in [2.24, 2.45) is 7.05 Å². The molecule has 0 bridgehead atoms. The molecule has 2 aromatic rings. The summed E-state index contributed by atoms with van der Waals surface area (Å²) in [5.41, 5.74) is 3.23. The second-order valence-electron chi connectivity index (χ2n) is 8.26. The molecule has 1 aliphatic heterocycles. The fraction of sp³-hybridized carbons (Fsp3) is 0.650. The van der Waals surface area contributed by atoms with Crippen molar-refractivity contribution in [1.29, 1.82) is 0 Å². The van der Waals surface area contributed by atoms with E-state index in [-0.39, 0.29) is 42.6 Å². The number of alkyl halides is 1. The van der Waals surface area contributed by atoms with Crippen molar-refractivity contribution in [1.82, 2.24) is 35.0 Å². The number of likely N-dealkylation sites (tertiary alicyclic amines) is 1. The topological polar surface area (TPSA) is 97.9 Å². The van der Waals surface area contributed by atoms with Crippen molar-refractivity contribution in [2.75, 3.05) is 6.54 Å². The maximum Gasteiger partial charge on any atom is 0.273 e. The zero-order valence-corrected chi connectivity index (χ0v) is 18.2. The van der Waals surface area contributed by atoms with E-state index >= 15 is 0 Å². The van der Waals surface area contributed by atoms with Crippen LogP contribution in [0.2, 0.25) is 0 Å². The minimum atomic E-state index is -1.06. The van der Waals surface area contributed by atoms with E-state index in [2.05, 4.69) is 20.7 Å². The molecule has 1 aliphatic rings. The van der Waals surface area contributed by atoms with E-state index in [1.54, 1.807) is 4.90 Å². The second-order valence-corrected chi connectivity index (χ2v) is 8.26. The van der Waals surface area contributed by atoms with E-state index in [0.29, 0.717) is 19.4 Å². The number of halogens is 1. The number of nitrogens with zero attached hydrogens (tertiary/aromatic N) is 6. The van der Waals surface area contributed by atoms with Crippen molar-refractivity contribution in [2.45, 2.75) is 71.8 Å². The van der Waals surface area contributed by atoms with Crippen LogP contribution in [0.5, 0.6) is 0 Å². The Labute approximate surface area is 175 Å². The van der Waals surface area contributed by atoms with Crippen LogP contribution in [0.15, 0.2) is 6.20 Å². The fourth-order valence-corrected chi connectivity index (χ4v) is 3.94. The first-order valence-electron chi connectivity index (χ1n) is 10.3. The van der Waals surface area contributed by atoms with Gasteiger partial charge in [-0.1, -0.05) is 5.21 Å². The average Bonchev–Trinajstić information content (AvgIpc) is 3.33. The van der Waals surface area contributed by atoms with Crippen LogP contribution < -0.4 is 5.32 Å². The lowest BCUT2D eigenvalue weighted by atomic mass is 10.1. The lowest BCUT2D eigenvalue weighted by molar-refractivity contribution is -0.132. The third-order valence-corrected chi connectivity index (χ3v) is 5.52. The van der Waals surface area contributed by atoms with Crippen LogP contribution >= 0.6 is 0 Å². The summed E-state index contributed by atoms with van der Waals surface area (Å²) in [6.07, 6.45) is 1.61. The summed E-state index contributed by atoms with van der Waals surface area (Å²) in [4.78, 5) is 26.5. The predicted molar refractivity (Wildman–Crippen MR) is 109 cm³/mol. The molecule has 1 saturated heterocycles. The lowest BCUT2D eigenvalue weighted by Crippen LogP contribution is -2.38. The predicted octanol–water partition coefficient (Wildman–Crippen LogP) is 1.34. The molecule has 0 aliphatic carbocycles. The van der Waals surface area contributed by atoms with Crippen LogP contribution in [0.1, 0.15) is 54.1 Å². The molecular weight excluding hydrogens is 389 g/mol. The summed E-state index contributed by atoms with van der Waals surface area (Å²) in [6, 6.07) is -0.323. The van der Waals surface area contributed by atoms with Crippen LogP contribution in [0.3, 0.4) is 0 Å². The zero-order valence-electron chi connectivity index (χ0n) is 18.2. The summed E-state index contributed by atoms with van der Waals surface area (Å²) in [7, 11) is 1.88. The molecule has 9 nitrogen and oxygen atoms in total. The summed E-state index contributed by atoms with van der Waals surface area (Å²) in [5.74, 6) is -0.387. The molecule has 0 aromatic carbocycles. The Balaban J connectivity index is 1.63. The number of carbonyl (C=O) groups is 2. The number of hydrogen-bond donors (Lipinski definition) is 1. The number of rotatable bonds is 7. The number of amides is 2. The Hall–Kier alpha value is -2.78. The fourth-order valence-electron chi connectivity index (χ4n) is 3.94. The minimum Gasteiger partial charge on any atom is -0.348 e. The molecule has 10 heteroatoms. The first-order valence-corrected chi connectivity index (χ1v) is 10.3. The summed E-state index contributed by atoms with van der Waals surface area (Å²) < 4.78 is 17.5. The standard InChI is InChI=1S/C20H30FN7O2/c1-12(2)22-20(30)18-11-27(25-23-18)10-16-8-15(21)9-28(16)19(29)7-6-17-13(3)24-26(5)14(17)4/h11-12,15-16H,6-10H2,1-5H3,(H,22,30). The summed E-state index contributed by atoms with van der Waals surface area (Å²) in [6.45, 7) is 8.03. The first kappa shape index (κ1) is 21.9. The minimum absolute atomic E-state index is 0.00928. The van der Waals surface area contributed by atoms with Crippen LogP contribution in [-0.2, 0) is 24.8 Å². The van der Waals surface area contributed by atoms with Gasteiger partial charge in [-0.15, -0.1) is 5.10 Å². The third kappa shape index (κ3) is 4.85. The highest BCUT2D eigenvalue weighted by molar-refractivity contribution is 5.92. The van der Waals surface area contributed by atoms with Crippen LogP contribution in [-0.4, -0.2) is 66.3 Å². The van der Waals surface area contributed by atoms with Gasteiger partial charge in [0.25, 0.3) is 5.91 Å². The van der Waals surface area contributed by atoms with Gasteiger partial charge in [0, 0.05) is 31.6 Å². The monoisotopic (exact) mass is 419 g/mol. The van der Waals surface area contributed by atoms with Gasteiger partial charge >= 0.3 is 0 Å². The largest absolute Gasteiger partial charge is 0.348 e. The quantitative estimate of drug-likeness (QED) is 0.730. The van der Waals surface area contributed by atoms with Gasteiger partial charge in [0.05, 0.1) is 31.0 Å². The lowest BCUT2D eigenvalue weighted by Gasteiger charge is -2.24. The van der Waals surface area contributed by atoms with E-state index in [0.717, 1.165) is 17.0 Å². The maximum atomic E-state index is 14.1. The number of carbonyl (C=O) groups excluding carboxylic acids is 2. The van der Waals surface area contributed by atoms with E-state index in [1.165, 1.54) is 10.9 Å². The van der Waals surface area contributed by atoms with Gasteiger partial charge < -0.3 is 10.2 Å². The Bertz CT molecular complexity index is 920. The van der Waals surface area contributed by atoms with Gasteiger partial charge in [-0.2, -0.15) is 5.10 Å². The highest BCUT2D eigenvalue weighted by Gasteiger charge is 2.35. The van der Waals surface area contributed by atoms with E-state index in [9.17, 15) is 14.0 Å². The van der Waals surface area contributed by atoms with Crippen molar-refractivity contribution in [3.8, 4) is 0 Å². The molecular formula is C20H30FN7O2. The molecule has 1 fully saturated rings. The maximum absolute atomic E-state index is 14.1.